The van der Waals surface area contributed by atoms with Crippen molar-refractivity contribution >= 4 is 41.4 Å². The largest absolute Gasteiger partial charge is 0.392 e. The number of benzene rings is 1. The van der Waals surface area contributed by atoms with Gasteiger partial charge >= 0.3 is 0 Å². The van der Waals surface area contributed by atoms with Crippen molar-refractivity contribution in [3.63, 3.8) is 0 Å². The maximum Gasteiger partial charge on any atom is 0.240 e. The van der Waals surface area contributed by atoms with Gasteiger partial charge in [0, 0.05) is 37.5 Å². The van der Waals surface area contributed by atoms with E-state index < -0.39 is 47.3 Å². The van der Waals surface area contributed by atoms with Crippen LogP contribution in [0.2, 0.25) is 0 Å². The number of halogens is 2. The number of amides is 1. The number of ether oxygens (including phenoxy) is 2. The Balaban J connectivity index is 0.00000134. The average Bonchev–Trinajstić information content (AvgIpc) is 3.21. The summed E-state index contributed by atoms with van der Waals surface area (Å²) in [5.41, 5.74) is 1.32. The molecule has 0 bridgehead atoms. The second-order valence-corrected chi connectivity index (χ2v) is 12.1. The number of hydrogen-bond donors (Lipinski definition) is 6. The van der Waals surface area contributed by atoms with Gasteiger partial charge in [0.25, 0.3) is 0 Å². The molecule has 1 aromatic rings. The fraction of sp³-hybridized carbons (Fsp3) is 0.731. The molecule has 4 rings (SSSR count). The summed E-state index contributed by atoms with van der Waals surface area (Å²) in [4.78, 5) is 13.4. The molecule has 1 aromatic carbocycles. The predicted molar refractivity (Wildman–Crippen MR) is 151 cm³/mol. The molecule has 3 aliphatic heterocycles. The number of aliphatic hydroxyl groups excluding tert-OH is 4. The van der Waals surface area contributed by atoms with Crippen molar-refractivity contribution in [2.24, 2.45) is 5.92 Å². The highest BCUT2D eigenvalue weighted by molar-refractivity contribution is 7.99. The summed E-state index contributed by atoms with van der Waals surface area (Å²) in [6, 6.07) is 6.60. The highest BCUT2D eigenvalue weighted by Crippen LogP contribution is 2.36. The molecule has 0 spiro atoms. The number of hydrogen-bond acceptors (Lipinski definition) is 10. The van der Waals surface area contributed by atoms with Gasteiger partial charge in [-0.3, -0.25) is 4.79 Å². The molecular formula is C26H40ClFN2O7S2. The van der Waals surface area contributed by atoms with Crippen molar-refractivity contribution in [3.05, 3.63) is 35.4 Å². The number of fused-ring (bicyclic) bond motifs is 1. The van der Waals surface area contributed by atoms with Crippen LogP contribution in [-0.2, 0) is 20.9 Å². The first kappa shape index (κ1) is 32.8. The second-order valence-electron chi connectivity index (χ2n) is 10.1. The Labute approximate surface area is 242 Å². The maximum absolute atomic E-state index is 13.4. The van der Waals surface area contributed by atoms with E-state index in [9.17, 15) is 29.1 Å². The quantitative estimate of drug-likeness (QED) is 0.252. The van der Waals surface area contributed by atoms with Crippen molar-refractivity contribution < 1.29 is 38.6 Å². The monoisotopic (exact) mass is 610 g/mol. The van der Waals surface area contributed by atoms with Gasteiger partial charge in [-0.1, -0.05) is 24.3 Å². The van der Waals surface area contributed by atoms with E-state index in [0.29, 0.717) is 19.1 Å². The molecule has 39 heavy (non-hydrogen) atoms. The van der Waals surface area contributed by atoms with Crippen LogP contribution in [0.5, 0.6) is 0 Å². The third-order valence-corrected chi connectivity index (χ3v) is 8.80. The summed E-state index contributed by atoms with van der Waals surface area (Å²) in [5, 5.41) is 46.0. The van der Waals surface area contributed by atoms with E-state index in [4.69, 9.17) is 21.1 Å². The zero-order valence-electron chi connectivity index (χ0n) is 22.3. The number of carbonyl (C=O) groups excluding carboxylic acids is 1. The van der Waals surface area contributed by atoms with E-state index in [0.717, 1.165) is 18.4 Å². The molecule has 13 heteroatoms. The summed E-state index contributed by atoms with van der Waals surface area (Å²) < 4.78 is 22.2. The molecular weight excluding hydrogens is 571 g/mol. The lowest BCUT2D eigenvalue weighted by Gasteiger charge is -2.44. The second kappa shape index (κ2) is 15.5. The molecule has 1 amide bonds. The minimum Gasteiger partial charge on any atom is -0.392 e. The average molecular weight is 611 g/mol. The first-order valence-corrected chi connectivity index (χ1v) is 15.9. The number of carbonyl (C=O) groups is 1. The predicted octanol–water partition coefficient (Wildman–Crippen LogP) is 1.55. The normalized spacial score (nSPS) is 36.1. The number of aliphatic hydroxyl groups is 4. The van der Waals surface area contributed by atoms with Crippen LogP contribution in [0.25, 0.3) is 0 Å². The summed E-state index contributed by atoms with van der Waals surface area (Å²) in [5.74, 6) is 0.143. The standard InChI is InChI=1S/C25H37ClN2O7S.CH3FS/c1-12(26)17(23-20(31)19(30)21(32)25(35-23)36-2)28-24(33)18-22-16(10-27-18)9-15(7-8-34-22)14-5-3-13(11-29)4-6-14;1-3-2/h3-6,12,15-23,25,27,29-32H,7-11H2,1-2H3,(H,28,33);1H3/t12-,15?,16-,17+,18-,19+,20?,21+,22+,23+,25?;/m0./s1. The molecule has 0 aromatic heterocycles. The van der Waals surface area contributed by atoms with Crippen LogP contribution in [-0.4, -0.2) is 105 Å². The smallest absolute Gasteiger partial charge is 0.240 e. The van der Waals surface area contributed by atoms with E-state index in [1.54, 1.807) is 13.2 Å². The number of rotatable bonds is 7. The number of thioether (sulfide) groups is 1. The van der Waals surface area contributed by atoms with Crippen LogP contribution in [0.3, 0.4) is 0 Å². The SMILES string of the molecule is CSC1O[C@H]([C@H](NC(=O)[C@H]2NC[C@@H]3CC(c4ccc(CO)cc4)CCO[C@H]32)[C@H](C)Cl)C(O)[C@@H](O)[C@H]1O.CSF. The molecule has 0 aliphatic carbocycles. The third-order valence-electron chi connectivity index (χ3n) is 7.67. The number of nitrogens with one attached hydrogen (secondary N) is 2. The van der Waals surface area contributed by atoms with Crippen molar-refractivity contribution in [1.82, 2.24) is 10.6 Å². The van der Waals surface area contributed by atoms with Gasteiger partial charge in [-0.2, -0.15) is 3.89 Å². The minimum absolute atomic E-state index is 0.0157. The Morgan fingerprint density at radius 3 is 2.46 bits per heavy atom. The van der Waals surface area contributed by atoms with Gasteiger partial charge in [0.15, 0.2) is 0 Å². The lowest BCUT2D eigenvalue weighted by molar-refractivity contribution is -0.205. The highest BCUT2D eigenvalue weighted by atomic mass is 35.5. The van der Waals surface area contributed by atoms with Crippen LogP contribution in [0.15, 0.2) is 24.3 Å². The van der Waals surface area contributed by atoms with Gasteiger partial charge < -0.3 is 40.5 Å². The van der Waals surface area contributed by atoms with Crippen molar-refractivity contribution in [2.45, 2.75) is 85.7 Å². The molecule has 3 heterocycles. The summed E-state index contributed by atoms with van der Waals surface area (Å²) in [6.07, 6.45) is -0.550. The molecule has 9 nitrogen and oxygen atoms in total. The zero-order chi connectivity index (χ0) is 28.7. The Morgan fingerprint density at radius 2 is 1.87 bits per heavy atom. The molecule has 3 saturated heterocycles. The molecule has 3 fully saturated rings. The summed E-state index contributed by atoms with van der Waals surface area (Å²) >= 11 is 7.88. The van der Waals surface area contributed by atoms with Gasteiger partial charge in [-0.05, 0) is 43.1 Å². The van der Waals surface area contributed by atoms with E-state index in [2.05, 4.69) is 22.8 Å². The van der Waals surface area contributed by atoms with E-state index in [1.807, 2.05) is 12.1 Å². The van der Waals surface area contributed by atoms with Crippen LogP contribution in [0, 0.1) is 5.92 Å². The number of alkyl halides is 1. The van der Waals surface area contributed by atoms with Gasteiger partial charge in [0.05, 0.1) is 24.1 Å². The topological polar surface area (TPSA) is 141 Å². The molecule has 6 N–H and O–H groups in total. The first-order chi connectivity index (χ1) is 18.7. The molecule has 0 radical (unpaired) electrons. The summed E-state index contributed by atoms with van der Waals surface area (Å²) in [7, 11) is 0. The van der Waals surface area contributed by atoms with E-state index >= 15 is 0 Å². The Bertz CT molecular complexity index is 904. The Hall–Kier alpha value is -0.670. The van der Waals surface area contributed by atoms with Crippen LogP contribution in [0.1, 0.15) is 36.8 Å². The zero-order valence-corrected chi connectivity index (χ0v) is 24.7. The molecule has 222 valence electrons. The maximum atomic E-state index is 13.4. The van der Waals surface area contributed by atoms with Crippen LogP contribution < -0.4 is 10.6 Å². The van der Waals surface area contributed by atoms with Gasteiger partial charge in [0.2, 0.25) is 5.91 Å². The van der Waals surface area contributed by atoms with Gasteiger partial charge in [-0.25, -0.2) is 0 Å². The van der Waals surface area contributed by atoms with Crippen LogP contribution >= 0.6 is 35.5 Å². The van der Waals surface area contributed by atoms with Gasteiger partial charge in [-0.15, -0.1) is 23.4 Å². The van der Waals surface area contributed by atoms with Crippen molar-refractivity contribution in [3.8, 4) is 0 Å². The van der Waals surface area contributed by atoms with Crippen molar-refractivity contribution in [1.29, 1.82) is 0 Å². The summed E-state index contributed by atoms with van der Waals surface area (Å²) in [6.45, 7) is 2.87. The van der Waals surface area contributed by atoms with E-state index in [-0.39, 0.29) is 36.7 Å². The van der Waals surface area contributed by atoms with Gasteiger partial charge in [0.1, 0.15) is 35.9 Å². The Morgan fingerprint density at radius 1 is 1.21 bits per heavy atom. The lowest BCUT2D eigenvalue weighted by Crippen LogP contribution is -2.65. The molecule has 3 aliphatic rings. The fourth-order valence-corrected chi connectivity index (χ4v) is 6.47. The minimum atomic E-state index is -1.42. The molecule has 11 atom stereocenters. The van der Waals surface area contributed by atoms with Crippen LogP contribution in [0.4, 0.5) is 3.89 Å². The molecule has 0 saturated carbocycles. The van der Waals surface area contributed by atoms with E-state index in [1.165, 1.54) is 23.6 Å². The molecule has 3 unspecified atom stereocenters. The fourth-order valence-electron chi connectivity index (χ4n) is 5.58. The highest BCUT2D eigenvalue weighted by Gasteiger charge is 2.49. The lowest BCUT2D eigenvalue weighted by atomic mass is 9.85. The van der Waals surface area contributed by atoms with Crippen molar-refractivity contribution in [2.75, 3.05) is 25.7 Å². The first-order valence-electron chi connectivity index (χ1n) is 13.0. The Kier molecular flexibility index (Phi) is 13.1. The third kappa shape index (κ3) is 8.00.